The molecule has 0 spiro atoms. The summed E-state index contributed by atoms with van der Waals surface area (Å²) >= 11 is 0. The van der Waals surface area contributed by atoms with E-state index in [1.165, 1.54) is 19.3 Å². The molecule has 1 aliphatic rings. The van der Waals surface area contributed by atoms with Gasteiger partial charge in [-0.2, -0.15) is 0 Å². The van der Waals surface area contributed by atoms with Crippen LogP contribution in [0, 0.1) is 0 Å². The summed E-state index contributed by atoms with van der Waals surface area (Å²) in [4.78, 5) is 13.8. The monoisotopic (exact) mass is 291 g/mol. The number of hydrogen-bond acceptors (Lipinski definition) is 4. The Balaban J connectivity index is 2.04. The van der Waals surface area contributed by atoms with E-state index in [9.17, 15) is 13.2 Å². The van der Waals surface area contributed by atoms with Gasteiger partial charge in [0.25, 0.3) is 0 Å². The maximum Gasteiger partial charge on any atom is 0.314 e. The van der Waals surface area contributed by atoms with Crippen molar-refractivity contribution in [2.24, 2.45) is 0 Å². The molecule has 0 bridgehead atoms. The maximum absolute atomic E-state index is 11.4. The molecule has 2 N–H and O–H groups in total. The highest BCUT2D eigenvalue weighted by Crippen LogP contribution is 2.07. The van der Waals surface area contributed by atoms with E-state index >= 15 is 0 Å². The van der Waals surface area contributed by atoms with Gasteiger partial charge in [0.15, 0.2) is 9.84 Å². The zero-order chi connectivity index (χ0) is 14.1. The van der Waals surface area contributed by atoms with Gasteiger partial charge in [-0.3, -0.25) is 0 Å². The Morgan fingerprint density at radius 2 is 1.74 bits per heavy atom. The molecule has 0 aromatic heterocycles. The molecular weight excluding hydrogens is 266 g/mol. The third-order valence-electron chi connectivity index (χ3n) is 3.30. The van der Waals surface area contributed by atoms with Crippen LogP contribution in [-0.2, 0) is 9.84 Å². The van der Waals surface area contributed by atoms with Crippen molar-refractivity contribution >= 4 is 15.9 Å². The molecule has 0 unspecified atom stereocenters. The number of hydrogen-bond donors (Lipinski definition) is 2. The van der Waals surface area contributed by atoms with E-state index in [4.69, 9.17) is 0 Å². The standard InChI is InChI=1S/C12H25N3O3S/c1-2-19(17,18)11-7-14-12(16)13-6-10-15-8-4-3-5-9-15/h2-11H2,1H3,(H2,13,14,16). The summed E-state index contributed by atoms with van der Waals surface area (Å²) in [5, 5.41) is 5.31. The summed E-state index contributed by atoms with van der Waals surface area (Å²) in [5.74, 6) is 0.119. The van der Waals surface area contributed by atoms with Gasteiger partial charge in [-0.25, -0.2) is 13.2 Å². The molecule has 1 saturated heterocycles. The van der Waals surface area contributed by atoms with Gasteiger partial charge in [0.1, 0.15) is 0 Å². The van der Waals surface area contributed by atoms with E-state index in [1.807, 2.05) is 0 Å². The number of carbonyl (C=O) groups excluding carboxylic acids is 1. The smallest absolute Gasteiger partial charge is 0.314 e. The molecule has 1 rings (SSSR count). The Hall–Kier alpha value is -0.820. The molecule has 7 heteroatoms. The second-order valence-electron chi connectivity index (χ2n) is 4.82. The lowest BCUT2D eigenvalue weighted by atomic mass is 10.1. The minimum Gasteiger partial charge on any atom is -0.337 e. The van der Waals surface area contributed by atoms with Gasteiger partial charge < -0.3 is 15.5 Å². The summed E-state index contributed by atoms with van der Waals surface area (Å²) in [7, 11) is -3.00. The van der Waals surface area contributed by atoms with E-state index in [0.29, 0.717) is 6.54 Å². The van der Waals surface area contributed by atoms with Crippen LogP contribution in [-0.4, -0.2) is 63.6 Å². The molecular formula is C12H25N3O3S. The van der Waals surface area contributed by atoms with Gasteiger partial charge >= 0.3 is 6.03 Å². The predicted molar refractivity (Wildman–Crippen MR) is 76.0 cm³/mol. The molecule has 112 valence electrons. The Labute approximate surface area is 115 Å². The number of urea groups is 1. The highest BCUT2D eigenvalue weighted by atomic mass is 32.2. The zero-order valence-electron chi connectivity index (χ0n) is 11.7. The first-order chi connectivity index (χ1) is 9.03. The molecule has 0 aromatic carbocycles. The summed E-state index contributed by atoms with van der Waals surface area (Å²) in [6.07, 6.45) is 3.78. The van der Waals surface area contributed by atoms with E-state index in [-0.39, 0.29) is 24.1 Å². The van der Waals surface area contributed by atoms with E-state index in [1.54, 1.807) is 6.92 Å². The van der Waals surface area contributed by atoms with Crippen LogP contribution in [0.25, 0.3) is 0 Å². The largest absolute Gasteiger partial charge is 0.337 e. The Kier molecular flexibility index (Phi) is 7.15. The van der Waals surface area contributed by atoms with Crippen molar-refractivity contribution in [3.05, 3.63) is 0 Å². The molecule has 0 saturated carbocycles. The fourth-order valence-electron chi connectivity index (χ4n) is 2.04. The summed E-state index contributed by atoms with van der Waals surface area (Å²) < 4.78 is 22.4. The van der Waals surface area contributed by atoms with Crippen molar-refractivity contribution in [1.82, 2.24) is 15.5 Å². The van der Waals surface area contributed by atoms with Gasteiger partial charge in [0.05, 0.1) is 5.75 Å². The predicted octanol–water partition coefficient (Wildman–Crippen LogP) is 0.206. The van der Waals surface area contributed by atoms with Crippen LogP contribution in [0.3, 0.4) is 0 Å². The van der Waals surface area contributed by atoms with Crippen molar-refractivity contribution in [3.63, 3.8) is 0 Å². The molecule has 0 radical (unpaired) electrons. The van der Waals surface area contributed by atoms with Crippen LogP contribution in [0.4, 0.5) is 4.79 Å². The number of nitrogens with one attached hydrogen (secondary N) is 2. The topological polar surface area (TPSA) is 78.5 Å². The van der Waals surface area contributed by atoms with Crippen molar-refractivity contribution in [2.75, 3.05) is 44.2 Å². The highest BCUT2D eigenvalue weighted by molar-refractivity contribution is 7.91. The first-order valence-electron chi connectivity index (χ1n) is 6.98. The molecule has 19 heavy (non-hydrogen) atoms. The average Bonchev–Trinajstić information content (AvgIpc) is 2.40. The quantitative estimate of drug-likeness (QED) is 0.703. The van der Waals surface area contributed by atoms with Crippen LogP contribution in [0.15, 0.2) is 0 Å². The minimum atomic E-state index is -3.00. The van der Waals surface area contributed by atoms with Crippen LogP contribution < -0.4 is 10.6 Å². The zero-order valence-corrected chi connectivity index (χ0v) is 12.5. The van der Waals surface area contributed by atoms with Crippen LogP contribution in [0.2, 0.25) is 0 Å². The average molecular weight is 291 g/mol. The molecule has 0 atom stereocenters. The van der Waals surface area contributed by atoms with Crippen molar-refractivity contribution in [1.29, 1.82) is 0 Å². The van der Waals surface area contributed by atoms with Gasteiger partial charge in [-0.1, -0.05) is 13.3 Å². The second kappa shape index (κ2) is 8.37. The van der Waals surface area contributed by atoms with Crippen LogP contribution in [0.5, 0.6) is 0 Å². The van der Waals surface area contributed by atoms with Crippen LogP contribution >= 0.6 is 0 Å². The number of likely N-dealkylation sites (tertiary alicyclic amines) is 1. The normalized spacial score (nSPS) is 17.1. The SMILES string of the molecule is CCS(=O)(=O)CCNC(=O)NCCN1CCCCC1. The maximum atomic E-state index is 11.4. The molecule has 1 aliphatic heterocycles. The number of nitrogens with zero attached hydrogens (tertiary/aromatic N) is 1. The number of sulfone groups is 1. The van der Waals surface area contributed by atoms with E-state index < -0.39 is 9.84 Å². The van der Waals surface area contributed by atoms with Gasteiger partial charge in [0.2, 0.25) is 0 Å². The minimum absolute atomic E-state index is 0.00302. The highest BCUT2D eigenvalue weighted by Gasteiger charge is 2.10. The Morgan fingerprint density at radius 3 is 2.37 bits per heavy atom. The molecule has 1 heterocycles. The third-order valence-corrected chi connectivity index (χ3v) is 5.01. The number of rotatable bonds is 7. The summed E-state index contributed by atoms with van der Waals surface area (Å²) in [5.41, 5.74) is 0. The van der Waals surface area contributed by atoms with Gasteiger partial charge in [-0.15, -0.1) is 0 Å². The fraction of sp³-hybridized carbons (Fsp3) is 0.917. The molecule has 2 amide bonds. The summed E-state index contributed by atoms with van der Waals surface area (Å²) in [6.45, 7) is 5.46. The van der Waals surface area contributed by atoms with Crippen molar-refractivity contribution in [3.8, 4) is 0 Å². The number of carbonyl (C=O) groups is 1. The number of amides is 2. The fourth-order valence-corrected chi connectivity index (χ4v) is 2.74. The molecule has 0 aromatic rings. The van der Waals surface area contributed by atoms with E-state index in [2.05, 4.69) is 15.5 Å². The van der Waals surface area contributed by atoms with E-state index in [0.717, 1.165) is 19.6 Å². The molecule has 0 aliphatic carbocycles. The lowest BCUT2D eigenvalue weighted by Gasteiger charge is -2.26. The second-order valence-corrected chi connectivity index (χ2v) is 7.29. The number of piperidine rings is 1. The third kappa shape index (κ3) is 7.37. The first-order valence-corrected chi connectivity index (χ1v) is 8.80. The Morgan fingerprint density at radius 1 is 1.11 bits per heavy atom. The van der Waals surface area contributed by atoms with Crippen molar-refractivity contribution in [2.45, 2.75) is 26.2 Å². The Bertz CT molecular complexity index is 364. The summed E-state index contributed by atoms with van der Waals surface area (Å²) in [6, 6.07) is -0.289. The first kappa shape index (κ1) is 16.2. The van der Waals surface area contributed by atoms with Crippen molar-refractivity contribution < 1.29 is 13.2 Å². The molecule has 1 fully saturated rings. The lowest BCUT2D eigenvalue weighted by molar-refractivity contribution is 0.221. The molecule has 6 nitrogen and oxygen atoms in total. The lowest BCUT2D eigenvalue weighted by Crippen LogP contribution is -2.42. The van der Waals surface area contributed by atoms with Gasteiger partial charge in [0, 0.05) is 25.4 Å². The van der Waals surface area contributed by atoms with Crippen LogP contribution in [0.1, 0.15) is 26.2 Å². The van der Waals surface area contributed by atoms with Gasteiger partial charge in [-0.05, 0) is 25.9 Å².